The number of amides is 1. The first-order chi connectivity index (χ1) is 9.55. The number of carbonyl (C=O) groups is 1. The molecule has 1 aliphatic rings. The Hall–Kier alpha value is -1.40. The van der Waals surface area contributed by atoms with Crippen LogP contribution in [-0.4, -0.2) is 51.4 Å². The van der Waals surface area contributed by atoms with E-state index in [1.165, 1.54) is 18.2 Å². The second-order valence-electron chi connectivity index (χ2n) is 5.51. The van der Waals surface area contributed by atoms with Crippen molar-refractivity contribution in [2.24, 2.45) is 5.92 Å². The molecular formula is C14H24N4O2. The molecule has 6 heteroatoms. The molecule has 2 N–H and O–H groups in total. The van der Waals surface area contributed by atoms with Gasteiger partial charge in [0.1, 0.15) is 0 Å². The molecule has 0 radical (unpaired) electrons. The number of nitrogens with one attached hydrogen (secondary N) is 1. The molecule has 6 nitrogen and oxygen atoms in total. The number of aliphatic hydroxyl groups is 1. The predicted octanol–water partition coefficient (Wildman–Crippen LogP) is 0.140. The summed E-state index contributed by atoms with van der Waals surface area (Å²) in [5.41, 5.74) is 2.41. The highest BCUT2D eigenvalue weighted by Gasteiger charge is 2.33. The first-order valence-electron chi connectivity index (χ1n) is 7.16. The van der Waals surface area contributed by atoms with E-state index in [4.69, 9.17) is 0 Å². The van der Waals surface area contributed by atoms with Gasteiger partial charge in [-0.2, -0.15) is 5.10 Å². The summed E-state index contributed by atoms with van der Waals surface area (Å²) >= 11 is 0. The number of aromatic nitrogens is 2. The zero-order chi connectivity index (χ0) is 14.7. The van der Waals surface area contributed by atoms with Crippen LogP contribution in [0.1, 0.15) is 25.1 Å². The van der Waals surface area contributed by atoms with Crippen molar-refractivity contribution in [2.45, 2.75) is 39.9 Å². The second-order valence-corrected chi connectivity index (χ2v) is 5.51. The first-order valence-corrected chi connectivity index (χ1v) is 7.16. The van der Waals surface area contributed by atoms with Crippen LogP contribution in [0.2, 0.25) is 0 Å². The molecule has 112 valence electrons. The number of aryl methyl sites for hydroxylation is 1. The van der Waals surface area contributed by atoms with Gasteiger partial charge in [-0.25, -0.2) is 0 Å². The SMILES string of the molecule is CCn1ncc(CN2C[C@@H](CO)[C@H](NC(C)=O)C2)c1C. The van der Waals surface area contributed by atoms with E-state index >= 15 is 0 Å². The van der Waals surface area contributed by atoms with E-state index in [-0.39, 0.29) is 24.5 Å². The lowest BCUT2D eigenvalue weighted by molar-refractivity contribution is -0.119. The van der Waals surface area contributed by atoms with Crippen LogP contribution in [0, 0.1) is 12.8 Å². The van der Waals surface area contributed by atoms with E-state index < -0.39 is 0 Å². The Morgan fingerprint density at radius 1 is 1.55 bits per heavy atom. The smallest absolute Gasteiger partial charge is 0.217 e. The molecule has 0 aliphatic carbocycles. The summed E-state index contributed by atoms with van der Waals surface area (Å²) in [5.74, 6) is 0.0747. The molecule has 2 heterocycles. The molecule has 1 aromatic rings. The minimum atomic E-state index is -0.0368. The second kappa shape index (κ2) is 6.37. The van der Waals surface area contributed by atoms with Gasteiger partial charge in [-0.15, -0.1) is 0 Å². The van der Waals surface area contributed by atoms with E-state index in [0.717, 1.165) is 26.2 Å². The average molecular weight is 280 g/mol. The van der Waals surface area contributed by atoms with Crippen molar-refractivity contribution in [1.29, 1.82) is 0 Å². The zero-order valence-corrected chi connectivity index (χ0v) is 12.5. The largest absolute Gasteiger partial charge is 0.396 e. The summed E-state index contributed by atoms with van der Waals surface area (Å²) in [4.78, 5) is 13.5. The van der Waals surface area contributed by atoms with Gasteiger partial charge < -0.3 is 10.4 Å². The first kappa shape index (κ1) is 15.0. The summed E-state index contributed by atoms with van der Waals surface area (Å²) in [7, 11) is 0. The molecule has 0 saturated carbocycles. The van der Waals surface area contributed by atoms with Gasteiger partial charge in [-0.05, 0) is 13.8 Å². The topological polar surface area (TPSA) is 70.4 Å². The quantitative estimate of drug-likeness (QED) is 0.805. The highest BCUT2D eigenvalue weighted by atomic mass is 16.3. The third-order valence-corrected chi connectivity index (χ3v) is 4.04. The molecule has 20 heavy (non-hydrogen) atoms. The van der Waals surface area contributed by atoms with Crippen LogP contribution in [0.3, 0.4) is 0 Å². The van der Waals surface area contributed by atoms with Gasteiger partial charge in [0.15, 0.2) is 0 Å². The number of likely N-dealkylation sites (tertiary alicyclic amines) is 1. The molecule has 1 fully saturated rings. The monoisotopic (exact) mass is 280 g/mol. The lowest BCUT2D eigenvalue weighted by atomic mass is 10.1. The summed E-state index contributed by atoms with van der Waals surface area (Å²) in [6.07, 6.45) is 1.92. The Balaban J connectivity index is 2.00. The van der Waals surface area contributed by atoms with Crippen LogP contribution in [0.25, 0.3) is 0 Å². The Morgan fingerprint density at radius 2 is 2.30 bits per heavy atom. The number of hydrogen-bond acceptors (Lipinski definition) is 4. The van der Waals surface area contributed by atoms with Gasteiger partial charge >= 0.3 is 0 Å². The van der Waals surface area contributed by atoms with Crippen molar-refractivity contribution < 1.29 is 9.90 Å². The Morgan fingerprint density at radius 3 is 2.85 bits per heavy atom. The highest BCUT2D eigenvalue weighted by Crippen LogP contribution is 2.20. The maximum Gasteiger partial charge on any atom is 0.217 e. The normalized spacial score (nSPS) is 23.2. The van der Waals surface area contributed by atoms with Crippen LogP contribution in [-0.2, 0) is 17.9 Å². The van der Waals surface area contributed by atoms with E-state index in [0.29, 0.717) is 0 Å². The molecule has 1 amide bonds. The van der Waals surface area contributed by atoms with E-state index in [9.17, 15) is 9.90 Å². The minimum Gasteiger partial charge on any atom is -0.396 e. The van der Waals surface area contributed by atoms with Crippen LogP contribution in [0.4, 0.5) is 0 Å². The molecule has 0 bridgehead atoms. The average Bonchev–Trinajstić information content (AvgIpc) is 2.94. The number of carbonyl (C=O) groups excluding carboxylic acids is 1. The van der Waals surface area contributed by atoms with Crippen molar-refractivity contribution in [2.75, 3.05) is 19.7 Å². The maximum atomic E-state index is 11.2. The number of nitrogens with zero attached hydrogens (tertiary/aromatic N) is 3. The van der Waals surface area contributed by atoms with Crippen LogP contribution >= 0.6 is 0 Å². The maximum absolute atomic E-state index is 11.2. The standard InChI is InChI=1S/C14H24N4O2/c1-4-18-10(2)12(5-15-18)6-17-7-13(9-19)14(8-17)16-11(3)20/h5,13-14,19H,4,6-9H2,1-3H3,(H,16,20)/t13-,14+/m0/s1. The number of rotatable bonds is 5. The van der Waals surface area contributed by atoms with E-state index in [1.54, 1.807) is 0 Å². The Labute approximate surface area is 119 Å². The van der Waals surface area contributed by atoms with Crippen molar-refractivity contribution in [3.05, 3.63) is 17.5 Å². The van der Waals surface area contributed by atoms with E-state index in [2.05, 4.69) is 29.2 Å². The zero-order valence-electron chi connectivity index (χ0n) is 12.5. The predicted molar refractivity (Wildman–Crippen MR) is 76.1 cm³/mol. The van der Waals surface area contributed by atoms with Crippen LogP contribution < -0.4 is 5.32 Å². The van der Waals surface area contributed by atoms with Gasteiger partial charge in [0.05, 0.1) is 6.20 Å². The summed E-state index contributed by atoms with van der Waals surface area (Å²) < 4.78 is 1.99. The molecular weight excluding hydrogens is 256 g/mol. The van der Waals surface area contributed by atoms with Gasteiger partial charge in [0.25, 0.3) is 0 Å². The summed E-state index contributed by atoms with van der Waals surface area (Å²) in [5, 5.41) is 16.7. The van der Waals surface area contributed by atoms with Crippen molar-refractivity contribution in [1.82, 2.24) is 20.0 Å². The van der Waals surface area contributed by atoms with Gasteiger partial charge in [-0.1, -0.05) is 0 Å². The van der Waals surface area contributed by atoms with Gasteiger partial charge in [0, 0.05) is 62.9 Å². The fourth-order valence-corrected chi connectivity index (χ4v) is 2.90. The van der Waals surface area contributed by atoms with Crippen molar-refractivity contribution in [3.63, 3.8) is 0 Å². The third-order valence-electron chi connectivity index (χ3n) is 4.04. The molecule has 0 aromatic carbocycles. The summed E-state index contributed by atoms with van der Waals surface area (Å²) in [6, 6.07) is 0.0408. The number of aliphatic hydroxyl groups excluding tert-OH is 1. The van der Waals surface area contributed by atoms with Crippen LogP contribution in [0.5, 0.6) is 0 Å². The van der Waals surface area contributed by atoms with Gasteiger partial charge in [-0.3, -0.25) is 14.4 Å². The van der Waals surface area contributed by atoms with Crippen LogP contribution in [0.15, 0.2) is 6.20 Å². The molecule has 1 aliphatic heterocycles. The number of hydrogen-bond donors (Lipinski definition) is 2. The lowest BCUT2D eigenvalue weighted by Gasteiger charge is -2.16. The summed E-state index contributed by atoms with van der Waals surface area (Å²) in [6.45, 7) is 9.06. The third kappa shape index (κ3) is 3.19. The Kier molecular flexibility index (Phi) is 4.77. The van der Waals surface area contributed by atoms with E-state index in [1.807, 2.05) is 10.9 Å². The molecule has 0 unspecified atom stereocenters. The minimum absolute atomic E-state index is 0.0368. The fourth-order valence-electron chi connectivity index (χ4n) is 2.90. The Bertz CT molecular complexity index is 472. The molecule has 1 saturated heterocycles. The highest BCUT2D eigenvalue weighted by molar-refractivity contribution is 5.73. The molecule has 2 atom stereocenters. The molecule has 0 spiro atoms. The lowest BCUT2D eigenvalue weighted by Crippen LogP contribution is -2.40. The fraction of sp³-hybridized carbons (Fsp3) is 0.714. The molecule has 1 aromatic heterocycles. The van der Waals surface area contributed by atoms with Crippen molar-refractivity contribution >= 4 is 5.91 Å². The van der Waals surface area contributed by atoms with Gasteiger partial charge in [0.2, 0.25) is 5.91 Å². The molecule has 2 rings (SSSR count). The van der Waals surface area contributed by atoms with Crippen molar-refractivity contribution in [3.8, 4) is 0 Å².